The first kappa shape index (κ1) is 12.7. The van der Waals surface area contributed by atoms with E-state index in [2.05, 4.69) is 13.5 Å². The van der Waals surface area contributed by atoms with Gasteiger partial charge in [0.25, 0.3) is 0 Å². The van der Waals surface area contributed by atoms with Gasteiger partial charge in [-0.15, -0.1) is 0 Å². The SMILES string of the molecule is O=S(=O)(NC1[C@H]2CCCC[C@@H]12)c1cccc2nsnc12. The summed E-state index contributed by atoms with van der Waals surface area (Å²) in [6, 6.07) is 5.25. The Bertz CT molecular complexity index is 744. The predicted molar refractivity (Wildman–Crippen MR) is 77.0 cm³/mol. The maximum atomic E-state index is 12.6. The molecule has 1 N–H and O–H groups in total. The summed E-state index contributed by atoms with van der Waals surface area (Å²) in [7, 11) is -3.50. The first-order valence-corrected chi connectivity index (χ1v) is 9.12. The van der Waals surface area contributed by atoms with E-state index >= 15 is 0 Å². The summed E-state index contributed by atoms with van der Waals surface area (Å²) >= 11 is 1.05. The lowest BCUT2D eigenvalue weighted by atomic mass is 10.0. The third-order valence-corrected chi connectivity index (χ3v) is 6.52. The second-order valence-electron chi connectivity index (χ2n) is 5.65. The van der Waals surface area contributed by atoms with Crippen molar-refractivity contribution >= 4 is 32.8 Å². The fourth-order valence-corrected chi connectivity index (χ4v) is 5.51. The Morgan fingerprint density at radius 1 is 1.15 bits per heavy atom. The molecule has 4 rings (SSSR count). The van der Waals surface area contributed by atoms with Crippen LogP contribution in [0.4, 0.5) is 0 Å². The standard InChI is InChI=1S/C13H15N3O2S2/c17-20(18,16-12-8-4-1-2-5-9(8)12)11-7-3-6-10-13(11)15-19-14-10/h3,6-9,12,16H,1-2,4-5H2/t8-,9+,12?. The van der Waals surface area contributed by atoms with Gasteiger partial charge in [-0.05, 0) is 36.8 Å². The van der Waals surface area contributed by atoms with Crippen molar-refractivity contribution in [3.05, 3.63) is 18.2 Å². The third kappa shape index (κ3) is 1.96. The maximum absolute atomic E-state index is 12.6. The topological polar surface area (TPSA) is 72.0 Å². The average Bonchev–Trinajstić information content (AvgIpc) is 2.92. The lowest BCUT2D eigenvalue weighted by Gasteiger charge is -2.06. The van der Waals surface area contributed by atoms with Gasteiger partial charge in [-0.2, -0.15) is 8.75 Å². The van der Waals surface area contributed by atoms with E-state index in [0.717, 1.165) is 24.6 Å². The minimum atomic E-state index is -3.50. The molecule has 7 heteroatoms. The van der Waals surface area contributed by atoms with Crippen molar-refractivity contribution in [2.24, 2.45) is 11.8 Å². The highest BCUT2D eigenvalue weighted by molar-refractivity contribution is 7.89. The summed E-state index contributed by atoms with van der Waals surface area (Å²) in [5, 5.41) is 0. The minimum Gasteiger partial charge on any atom is -0.207 e. The van der Waals surface area contributed by atoms with Gasteiger partial charge in [-0.3, -0.25) is 0 Å². The van der Waals surface area contributed by atoms with E-state index in [9.17, 15) is 8.42 Å². The van der Waals surface area contributed by atoms with Gasteiger partial charge in [0, 0.05) is 6.04 Å². The highest BCUT2D eigenvalue weighted by atomic mass is 32.2. The van der Waals surface area contributed by atoms with E-state index < -0.39 is 10.0 Å². The van der Waals surface area contributed by atoms with Gasteiger partial charge in [-0.25, -0.2) is 13.1 Å². The summed E-state index contributed by atoms with van der Waals surface area (Å²) in [6.45, 7) is 0. The molecule has 0 aliphatic heterocycles. The first-order chi connectivity index (χ1) is 9.67. The van der Waals surface area contributed by atoms with E-state index in [1.54, 1.807) is 18.2 Å². The molecular weight excluding hydrogens is 294 g/mol. The number of fused-ring (bicyclic) bond motifs is 2. The van der Waals surface area contributed by atoms with Crippen LogP contribution in [-0.2, 0) is 10.0 Å². The van der Waals surface area contributed by atoms with Crippen LogP contribution < -0.4 is 4.72 Å². The average molecular weight is 309 g/mol. The number of sulfonamides is 1. The second kappa shape index (κ2) is 4.47. The predicted octanol–water partition coefficient (Wildman–Crippen LogP) is 2.16. The Morgan fingerprint density at radius 2 is 1.90 bits per heavy atom. The number of aromatic nitrogens is 2. The van der Waals surface area contributed by atoms with E-state index in [1.807, 2.05) is 0 Å². The molecule has 0 amide bonds. The zero-order valence-corrected chi connectivity index (χ0v) is 12.5. The fourth-order valence-electron chi connectivity index (χ4n) is 3.41. The quantitative estimate of drug-likeness (QED) is 0.943. The van der Waals surface area contributed by atoms with Crippen LogP contribution in [0.15, 0.2) is 23.1 Å². The smallest absolute Gasteiger partial charge is 0.207 e. The first-order valence-electron chi connectivity index (χ1n) is 6.90. The molecule has 2 fully saturated rings. The second-order valence-corrected chi connectivity index (χ2v) is 7.86. The molecule has 0 spiro atoms. The third-order valence-electron chi connectivity index (χ3n) is 4.49. The van der Waals surface area contributed by atoms with Crippen LogP contribution in [0.25, 0.3) is 11.0 Å². The van der Waals surface area contributed by atoms with Gasteiger partial charge in [0.05, 0.1) is 11.7 Å². The number of rotatable bonds is 3. The van der Waals surface area contributed by atoms with Gasteiger partial charge in [0.2, 0.25) is 10.0 Å². The summed E-state index contributed by atoms with van der Waals surface area (Å²) in [5.74, 6) is 1.09. The molecule has 5 nitrogen and oxygen atoms in total. The summed E-state index contributed by atoms with van der Waals surface area (Å²) < 4.78 is 36.2. The van der Waals surface area contributed by atoms with Crippen LogP contribution in [0.1, 0.15) is 25.7 Å². The van der Waals surface area contributed by atoms with Crippen molar-refractivity contribution in [1.29, 1.82) is 0 Å². The van der Waals surface area contributed by atoms with Crippen molar-refractivity contribution in [2.45, 2.75) is 36.6 Å². The number of nitrogens with one attached hydrogen (secondary N) is 1. The van der Waals surface area contributed by atoms with Crippen LogP contribution in [0.5, 0.6) is 0 Å². The molecule has 1 heterocycles. The Kier molecular flexibility index (Phi) is 2.84. The van der Waals surface area contributed by atoms with Crippen molar-refractivity contribution < 1.29 is 8.42 Å². The number of nitrogens with zero attached hydrogens (tertiary/aromatic N) is 2. The Labute approximate surface area is 121 Å². The Morgan fingerprint density at radius 3 is 2.65 bits per heavy atom. The molecule has 0 saturated heterocycles. The molecule has 106 valence electrons. The van der Waals surface area contributed by atoms with Crippen LogP contribution in [0.3, 0.4) is 0 Å². The molecular formula is C13H15N3O2S2. The lowest BCUT2D eigenvalue weighted by molar-refractivity contribution is 0.480. The number of hydrogen-bond donors (Lipinski definition) is 1. The number of benzene rings is 1. The molecule has 2 aromatic rings. The Hall–Kier alpha value is -1.05. The summed E-state index contributed by atoms with van der Waals surface area (Å²) in [6.07, 6.45) is 4.76. The molecule has 1 aromatic carbocycles. The molecule has 1 unspecified atom stereocenters. The molecule has 20 heavy (non-hydrogen) atoms. The zero-order valence-electron chi connectivity index (χ0n) is 10.8. The lowest BCUT2D eigenvalue weighted by Crippen LogP contribution is -2.28. The van der Waals surface area contributed by atoms with E-state index in [-0.39, 0.29) is 10.9 Å². The van der Waals surface area contributed by atoms with E-state index in [0.29, 0.717) is 22.9 Å². The van der Waals surface area contributed by atoms with Gasteiger partial charge in [0.15, 0.2) is 0 Å². The van der Waals surface area contributed by atoms with E-state index in [1.165, 1.54) is 12.8 Å². The molecule has 3 atom stereocenters. The van der Waals surface area contributed by atoms with Crippen LogP contribution in [0.2, 0.25) is 0 Å². The highest BCUT2D eigenvalue weighted by Crippen LogP contribution is 2.50. The van der Waals surface area contributed by atoms with Crippen molar-refractivity contribution in [3.8, 4) is 0 Å². The van der Waals surface area contributed by atoms with Gasteiger partial charge >= 0.3 is 0 Å². The fraction of sp³-hybridized carbons (Fsp3) is 0.538. The van der Waals surface area contributed by atoms with Crippen molar-refractivity contribution in [3.63, 3.8) is 0 Å². The zero-order chi connectivity index (χ0) is 13.7. The normalized spacial score (nSPS) is 29.3. The molecule has 2 saturated carbocycles. The summed E-state index contributed by atoms with van der Waals surface area (Å²) in [4.78, 5) is 0.257. The largest absolute Gasteiger partial charge is 0.243 e. The monoisotopic (exact) mass is 309 g/mol. The van der Waals surface area contributed by atoms with Gasteiger partial charge in [-0.1, -0.05) is 18.9 Å². The van der Waals surface area contributed by atoms with Gasteiger partial charge < -0.3 is 0 Å². The van der Waals surface area contributed by atoms with Gasteiger partial charge in [0.1, 0.15) is 15.9 Å². The molecule has 0 radical (unpaired) electrons. The summed E-state index contributed by atoms with van der Waals surface area (Å²) in [5.41, 5.74) is 1.12. The van der Waals surface area contributed by atoms with Crippen LogP contribution in [-0.4, -0.2) is 23.2 Å². The maximum Gasteiger partial charge on any atom is 0.243 e. The Balaban J connectivity index is 1.65. The van der Waals surface area contributed by atoms with Crippen LogP contribution in [0, 0.1) is 11.8 Å². The van der Waals surface area contributed by atoms with E-state index in [4.69, 9.17) is 0 Å². The molecule has 2 aliphatic rings. The number of hydrogen-bond acceptors (Lipinski definition) is 5. The van der Waals surface area contributed by atoms with Crippen LogP contribution >= 0.6 is 11.7 Å². The molecule has 0 bridgehead atoms. The highest BCUT2D eigenvalue weighted by Gasteiger charge is 2.52. The minimum absolute atomic E-state index is 0.129. The van der Waals surface area contributed by atoms with Crippen molar-refractivity contribution in [2.75, 3.05) is 0 Å². The molecule has 1 aromatic heterocycles. The van der Waals surface area contributed by atoms with Crippen molar-refractivity contribution in [1.82, 2.24) is 13.5 Å². The molecule has 2 aliphatic carbocycles.